The van der Waals surface area contributed by atoms with Gasteiger partial charge in [-0.1, -0.05) is 30.8 Å². The van der Waals surface area contributed by atoms with Gasteiger partial charge in [0.25, 0.3) is 0 Å². The summed E-state index contributed by atoms with van der Waals surface area (Å²) in [5.74, 6) is 0.220. The third-order valence-corrected chi connectivity index (χ3v) is 6.00. The molecule has 0 spiro atoms. The maximum absolute atomic E-state index is 12.3. The molecule has 8 heteroatoms. The summed E-state index contributed by atoms with van der Waals surface area (Å²) in [7, 11) is 0. The first-order valence-corrected chi connectivity index (χ1v) is 9.45. The number of halogens is 1. The average molecular weight is 443 g/mol. The summed E-state index contributed by atoms with van der Waals surface area (Å²) in [6, 6.07) is 0.216. The molecule has 0 aromatic carbocycles. The Morgan fingerprint density at radius 3 is 2.62 bits per heavy atom. The summed E-state index contributed by atoms with van der Waals surface area (Å²) in [5.41, 5.74) is 2.03. The van der Waals surface area contributed by atoms with Gasteiger partial charge in [-0.05, 0) is 49.3 Å². The molecule has 3 rings (SSSR count). The van der Waals surface area contributed by atoms with E-state index in [1.54, 1.807) is 0 Å². The van der Waals surface area contributed by atoms with Crippen LogP contribution in [0.2, 0.25) is 0 Å². The molecule has 1 N–H and O–H groups in total. The second-order valence-corrected chi connectivity index (χ2v) is 7.40. The zero-order valence-corrected chi connectivity index (χ0v) is 16.2. The van der Waals surface area contributed by atoms with E-state index in [0.29, 0.717) is 12.4 Å². The molecule has 24 heavy (non-hydrogen) atoms. The second kappa shape index (κ2) is 7.62. The van der Waals surface area contributed by atoms with Gasteiger partial charge in [0.05, 0.1) is 9.26 Å². The summed E-state index contributed by atoms with van der Waals surface area (Å²) in [6.45, 7) is 4.37. The number of nitrogens with one attached hydrogen (secondary N) is 1. The molecule has 130 valence electrons. The number of amides is 1. The van der Waals surface area contributed by atoms with Crippen LogP contribution in [0.25, 0.3) is 0 Å². The summed E-state index contributed by atoms with van der Waals surface area (Å²) >= 11 is 2.27. The fraction of sp³-hybridized carbons (Fsp3) is 0.625. The Kier molecular flexibility index (Phi) is 5.52. The Morgan fingerprint density at radius 2 is 2.00 bits per heavy atom. The first-order chi connectivity index (χ1) is 11.5. The zero-order valence-electron chi connectivity index (χ0n) is 14.0. The molecule has 0 bridgehead atoms. The molecule has 2 aromatic heterocycles. The molecule has 7 nitrogen and oxygen atoms in total. The molecule has 1 fully saturated rings. The van der Waals surface area contributed by atoms with E-state index in [-0.39, 0.29) is 17.8 Å². The van der Waals surface area contributed by atoms with Gasteiger partial charge in [0.2, 0.25) is 0 Å². The van der Waals surface area contributed by atoms with Crippen LogP contribution in [0, 0.1) is 17.4 Å². The standard InChI is InChI=1S/C16H22IN5O2/c1-10-14(17)11(2)22(20-10)9-13-19-16(24-21-13)15(23)18-12-7-5-3-4-6-8-12/h12H,3-9H2,1-2H3,(H,18,23). The third-order valence-electron chi connectivity index (χ3n) is 4.44. The number of rotatable bonds is 4. The first kappa shape index (κ1) is 17.4. The monoisotopic (exact) mass is 443 g/mol. The van der Waals surface area contributed by atoms with Gasteiger partial charge < -0.3 is 9.84 Å². The predicted molar refractivity (Wildman–Crippen MR) is 96.8 cm³/mol. The SMILES string of the molecule is Cc1nn(Cc2noc(C(=O)NC3CCCCCC3)n2)c(C)c1I. The highest BCUT2D eigenvalue weighted by Gasteiger charge is 2.21. The molecule has 0 aliphatic heterocycles. The van der Waals surface area contributed by atoms with Crippen molar-refractivity contribution in [3.05, 3.63) is 26.7 Å². The molecule has 0 saturated heterocycles. The largest absolute Gasteiger partial charge is 0.345 e. The van der Waals surface area contributed by atoms with Crippen LogP contribution in [-0.4, -0.2) is 31.9 Å². The van der Waals surface area contributed by atoms with E-state index < -0.39 is 0 Å². The Labute approximate surface area is 154 Å². The lowest BCUT2D eigenvalue weighted by molar-refractivity contribution is 0.0889. The molecule has 2 aromatic rings. The van der Waals surface area contributed by atoms with Crippen molar-refractivity contribution in [2.24, 2.45) is 0 Å². The maximum Gasteiger partial charge on any atom is 0.316 e. The average Bonchev–Trinajstić information content (AvgIpc) is 3.00. The van der Waals surface area contributed by atoms with Gasteiger partial charge in [-0.3, -0.25) is 9.48 Å². The molecule has 1 amide bonds. The molecule has 0 unspecified atom stereocenters. The van der Waals surface area contributed by atoms with Crippen molar-refractivity contribution in [3.63, 3.8) is 0 Å². The van der Waals surface area contributed by atoms with Gasteiger partial charge in [0, 0.05) is 11.7 Å². The smallest absolute Gasteiger partial charge is 0.316 e. The molecular formula is C16H22IN5O2. The Balaban J connectivity index is 1.64. The zero-order chi connectivity index (χ0) is 17.1. The van der Waals surface area contributed by atoms with Gasteiger partial charge in [-0.15, -0.1) is 0 Å². The van der Waals surface area contributed by atoms with Crippen molar-refractivity contribution in [1.82, 2.24) is 25.2 Å². The van der Waals surface area contributed by atoms with Gasteiger partial charge in [0.1, 0.15) is 6.54 Å². The highest BCUT2D eigenvalue weighted by atomic mass is 127. The molecule has 2 heterocycles. The molecule has 1 aliphatic rings. The minimum Gasteiger partial charge on any atom is -0.345 e. The summed E-state index contributed by atoms with van der Waals surface area (Å²) in [4.78, 5) is 16.5. The van der Waals surface area contributed by atoms with E-state index >= 15 is 0 Å². The Morgan fingerprint density at radius 1 is 1.29 bits per heavy atom. The van der Waals surface area contributed by atoms with E-state index in [1.165, 1.54) is 12.8 Å². The lowest BCUT2D eigenvalue weighted by atomic mass is 10.1. The Bertz CT molecular complexity index is 716. The van der Waals surface area contributed by atoms with Crippen LogP contribution in [0.1, 0.15) is 66.4 Å². The summed E-state index contributed by atoms with van der Waals surface area (Å²) in [6.07, 6.45) is 6.87. The van der Waals surface area contributed by atoms with Crippen LogP contribution >= 0.6 is 22.6 Å². The first-order valence-electron chi connectivity index (χ1n) is 8.37. The van der Waals surface area contributed by atoms with E-state index in [9.17, 15) is 4.79 Å². The van der Waals surface area contributed by atoms with Gasteiger partial charge >= 0.3 is 11.8 Å². The molecule has 0 radical (unpaired) electrons. The molecular weight excluding hydrogens is 421 g/mol. The van der Waals surface area contributed by atoms with Gasteiger partial charge in [0.15, 0.2) is 5.82 Å². The number of aromatic nitrogens is 4. The van der Waals surface area contributed by atoms with E-state index in [0.717, 1.165) is 40.6 Å². The van der Waals surface area contributed by atoms with Crippen molar-refractivity contribution in [2.75, 3.05) is 0 Å². The Hall–Kier alpha value is -1.45. The lowest BCUT2D eigenvalue weighted by Crippen LogP contribution is -2.34. The van der Waals surface area contributed by atoms with Crippen LogP contribution < -0.4 is 5.32 Å². The van der Waals surface area contributed by atoms with Crippen LogP contribution in [0.5, 0.6) is 0 Å². The molecule has 1 saturated carbocycles. The van der Waals surface area contributed by atoms with E-state index in [2.05, 4.69) is 43.1 Å². The quantitative estimate of drug-likeness (QED) is 0.580. The fourth-order valence-electron chi connectivity index (χ4n) is 3.04. The number of aryl methyl sites for hydroxylation is 1. The van der Waals surface area contributed by atoms with Crippen molar-refractivity contribution in [1.29, 1.82) is 0 Å². The number of carbonyl (C=O) groups is 1. The molecule has 0 atom stereocenters. The normalized spacial score (nSPS) is 16.1. The number of hydrogen-bond donors (Lipinski definition) is 1. The minimum absolute atomic E-state index is 0.0328. The predicted octanol–water partition coefficient (Wildman–Crippen LogP) is 2.99. The van der Waals surface area contributed by atoms with Crippen molar-refractivity contribution < 1.29 is 9.32 Å². The van der Waals surface area contributed by atoms with Crippen molar-refractivity contribution in [2.45, 2.75) is 65.0 Å². The lowest BCUT2D eigenvalue weighted by Gasteiger charge is -2.14. The third kappa shape index (κ3) is 3.96. The van der Waals surface area contributed by atoms with Crippen molar-refractivity contribution in [3.8, 4) is 0 Å². The highest BCUT2D eigenvalue weighted by Crippen LogP contribution is 2.18. The topological polar surface area (TPSA) is 85.8 Å². The second-order valence-electron chi connectivity index (χ2n) is 6.32. The maximum atomic E-state index is 12.3. The van der Waals surface area contributed by atoms with Crippen molar-refractivity contribution >= 4 is 28.5 Å². The van der Waals surface area contributed by atoms with Crippen LogP contribution in [0.3, 0.4) is 0 Å². The van der Waals surface area contributed by atoms with Crippen LogP contribution in [0.4, 0.5) is 0 Å². The van der Waals surface area contributed by atoms with Gasteiger partial charge in [-0.2, -0.15) is 10.1 Å². The number of carbonyl (C=O) groups excluding carboxylic acids is 1. The van der Waals surface area contributed by atoms with Gasteiger partial charge in [-0.25, -0.2) is 0 Å². The van der Waals surface area contributed by atoms with Crippen LogP contribution in [-0.2, 0) is 6.54 Å². The minimum atomic E-state index is -0.274. The number of nitrogens with zero attached hydrogens (tertiary/aromatic N) is 4. The highest BCUT2D eigenvalue weighted by molar-refractivity contribution is 14.1. The molecule has 1 aliphatic carbocycles. The summed E-state index contributed by atoms with van der Waals surface area (Å²) < 4.78 is 8.09. The van der Waals surface area contributed by atoms with E-state index in [4.69, 9.17) is 4.52 Å². The van der Waals surface area contributed by atoms with Crippen LogP contribution in [0.15, 0.2) is 4.52 Å². The summed E-state index contributed by atoms with van der Waals surface area (Å²) in [5, 5.41) is 11.4. The fourth-order valence-corrected chi connectivity index (χ4v) is 3.43. The van der Waals surface area contributed by atoms with E-state index in [1.807, 2.05) is 18.5 Å². The number of hydrogen-bond acceptors (Lipinski definition) is 5.